The molecule has 0 bridgehead atoms. The summed E-state index contributed by atoms with van der Waals surface area (Å²) in [4.78, 5) is 15.8. The first-order chi connectivity index (χ1) is 12.2. The van der Waals surface area contributed by atoms with Gasteiger partial charge in [0.25, 0.3) is 0 Å². The maximum absolute atomic E-state index is 11.5. The molecule has 4 heteroatoms. The van der Waals surface area contributed by atoms with E-state index in [9.17, 15) is 4.79 Å². The second-order valence-electron chi connectivity index (χ2n) is 6.54. The van der Waals surface area contributed by atoms with Crippen molar-refractivity contribution in [3.8, 4) is 5.75 Å². The number of carbonyl (C=O) groups excluding carboxylic acids is 1. The van der Waals surface area contributed by atoms with Crippen molar-refractivity contribution in [2.45, 2.75) is 71.3 Å². The minimum atomic E-state index is -0.290. The zero-order valence-corrected chi connectivity index (χ0v) is 16.2. The van der Waals surface area contributed by atoms with Gasteiger partial charge in [0.2, 0.25) is 0 Å². The van der Waals surface area contributed by atoms with Gasteiger partial charge in [0.1, 0.15) is 16.5 Å². The van der Waals surface area contributed by atoms with Gasteiger partial charge in [0.15, 0.2) is 6.10 Å². The number of rotatable bonds is 12. The van der Waals surface area contributed by atoms with E-state index in [1.807, 2.05) is 17.5 Å². The second kappa shape index (κ2) is 11.0. The molecule has 0 radical (unpaired) electrons. The van der Waals surface area contributed by atoms with E-state index < -0.39 is 0 Å². The van der Waals surface area contributed by atoms with Crippen molar-refractivity contribution in [3.05, 3.63) is 46.4 Å². The number of unbranched alkanes of at least 4 members (excludes halogenated alkanes) is 5. The summed E-state index contributed by atoms with van der Waals surface area (Å²) in [6, 6.07) is 8.28. The molecule has 1 heterocycles. The van der Waals surface area contributed by atoms with Crippen LogP contribution in [0.25, 0.3) is 0 Å². The average Bonchev–Trinajstić information content (AvgIpc) is 3.13. The molecule has 0 saturated heterocycles. The smallest absolute Gasteiger partial charge is 0.157 e. The van der Waals surface area contributed by atoms with Crippen molar-refractivity contribution in [2.24, 2.45) is 0 Å². The highest BCUT2D eigenvalue weighted by molar-refractivity contribution is 7.09. The number of aromatic nitrogens is 1. The molecule has 0 saturated carbocycles. The minimum absolute atomic E-state index is 0.111. The van der Waals surface area contributed by atoms with Gasteiger partial charge in [-0.05, 0) is 37.5 Å². The molecule has 1 aromatic carbocycles. The van der Waals surface area contributed by atoms with Crippen LogP contribution in [0.3, 0.4) is 0 Å². The average molecular weight is 360 g/mol. The molecule has 1 unspecified atom stereocenters. The normalized spacial score (nSPS) is 12.1. The Kier molecular flexibility index (Phi) is 8.67. The van der Waals surface area contributed by atoms with Crippen LogP contribution in [0, 0.1) is 0 Å². The van der Waals surface area contributed by atoms with Crippen LogP contribution < -0.4 is 4.74 Å². The fraction of sp³-hybridized carbons (Fsp3) is 0.524. The third kappa shape index (κ3) is 7.39. The van der Waals surface area contributed by atoms with Crippen molar-refractivity contribution in [2.75, 3.05) is 0 Å². The van der Waals surface area contributed by atoms with Gasteiger partial charge in [-0.25, -0.2) is 4.98 Å². The van der Waals surface area contributed by atoms with Gasteiger partial charge in [-0.3, -0.25) is 4.79 Å². The Balaban J connectivity index is 1.83. The van der Waals surface area contributed by atoms with Crippen molar-refractivity contribution in [1.82, 2.24) is 4.98 Å². The molecule has 136 valence electrons. The van der Waals surface area contributed by atoms with Gasteiger partial charge < -0.3 is 4.74 Å². The molecule has 25 heavy (non-hydrogen) atoms. The first kappa shape index (κ1) is 19.6. The Bertz CT molecular complexity index is 607. The third-order valence-corrected chi connectivity index (χ3v) is 5.09. The number of Topliss-reactive ketones (excluding diaryl/α,β-unsaturated/α-hetero) is 1. The lowest BCUT2D eigenvalue weighted by Crippen LogP contribution is -2.11. The van der Waals surface area contributed by atoms with Crippen LogP contribution in [0.5, 0.6) is 5.75 Å². The van der Waals surface area contributed by atoms with Crippen molar-refractivity contribution in [3.63, 3.8) is 0 Å². The molecule has 1 aromatic heterocycles. The van der Waals surface area contributed by atoms with Crippen LogP contribution >= 0.6 is 11.3 Å². The molecule has 0 amide bonds. The van der Waals surface area contributed by atoms with Gasteiger partial charge in [-0.2, -0.15) is 0 Å². The van der Waals surface area contributed by atoms with Gasteiger partial charge >= 0.3 is 0 Å². The van der Waals surface area contributed by atoms with E-state index in [2.05, 4.69) is 24.0 Å². The molecule has 3 nitrogen and oxygen atoms in total. The standard InChI is InChI=1S/C21H29NO2S/c1-3-4-5-6-7-8-9-18-10-12-19(13-11-18)24-20(16-17(2)23)21-22-14-15-25-21/h10-15,20H,3-9,16H2,1-2H3. The largest absolute Gasteiger partial charge is 0.483 e. The van der Waals surface area contributed by atoms with Gasteiger partial charge in [-0.15, -0.1) is 11.3 Å². The maximum atomic E-state index is 11.5. The number of benzene rings is 1. The molecule has 0 aliphatic heterocycles. The maximum Gasteiger partial charge on any atom is 0.157 e. The number of thiazole rings is 1. The highest BCUT2D eigenvalue weighted by Gasteiger charge is 2.18. The zero-order valence-electron chi connectivity index (χ0n) is 15.4. The summed E-state index contributed by atoms with van der Waals surface area (Å²) in [6.07, 6.45) is 10.8. The van der Waals surface area contributed by atoms with E-state index in [0.29, 0.717) is 6.42 Å². The highest BCUT2D eigenvalue weighted by Crippen LogP contribution is 2.27. The lowest BCUT2D eigenvalue weighted by molar-refractivity contribution is -0.118. The van der Waals surface area contributed by atoms with Crippen molar-refractivity contribution >= 4 is 17.1 Å². The van der Waals surface area contributed by atoms with Crippen molar-refractivity contribution in [1.29, 1.82) is 0 Å². The van der Waals surface area contributed by atoms with Crippen LogP contribution in [0.1, 0.15) is 75.5 Å². The highest BCUT2D eigenvalue weighted by atomic mass is 32.1. The lowest BCUT2D eigenvalue weighted by atomic mass is 10.0. The molecule has 0 spiro atoms. The van der Waals surface area contributed by atoms with E-state index in [1.54, 1.807) is 13.1 Å². The fourth-order valence-corrected chi connectivity index (χ4v) is 3.51. The van der Waals surface area contributed by atoms with Crippen LogP contribution in [0.4, 0.5) is 0 Å². The predicted molar refractivity (Wildman–Crippen MR) is 104 cm³/mol. The first-order valence-corrected chi connectivity index (χ1v) is 10.2. The zero-order chi connectivity index (χ0) is 17.9. The van der Waals surface area contributed by atoms with E-state index in [0.717, 1.165) is 17.2 Å². The number of ketones is 1. The summed E-state index contributed by atoms with van der Waals surface area (Å²) in [5.74, 6) is 0.910. The quantitative estimate of drug-likeness (QED) is 0.427. The summed E-state index contributed by atoms with van der Waals surface area (Å²) in [5, 5.41) is 2.77. The van der Waals surface area contributed by atoms with Crippen LogP contribution in [0.15, 0.2) is 35.8 Å². The Labute approximate surface area is 155 Å². The topological polar surface area (TPSA) is 39.2 Å². The fourth-order valence-electron chi connectivity index (χ4n) is 2.84. The first-order valence-electron chi connectivity index (χ1n) is 9.33. The van der Waals surface area contributed by atoms with Gasteiger partial charge in [-0.1, -0.05) is 51.2 Å². The lowest BCUT2D eigenvalue weighted by Gasteiger charge is -2.16. The van der Waals surface area contributed by atoms with Gasteiger partial charge in [0, 0.05) is 18.0 Å². The number of ether oxygens (including phenoxy) is 1. The summed E-state index contributed by atoms with van der Waals surface area (Å²) in [5.41, 5.74) is 1.35. The molecule has 0 fully saturated rings. The number of carbonyl (C=O) groups is 1. The molecule has 1 atom stereocenters. The Hall–Kier alpha value is -1.68. The number of nitrogens with zero attached hydrogens (tertiary/aromatic N) is 1. The molecule has 0 aliphatic carbocycles. The summed E-state index contributed by atoms with van der Waals surface area (Å²) >= 11 is 1.53. The van der Waals surface area contributed by atoms with Crippen LogP contribution in [0.2, 0.25) is 0 Å². The third-order valence-electron chi connectivity index (χ3n) is 4.22. The Morgan fingerprint density at radius 1 is 1.12 bits per heavy atom. The van der Waals surface area contributed by atoms with E-state index in [-0.39, 0.29) is 11.9 Å². The Morgan fingerprint density at radius 3 is 2.48 bits per heavy atom. The molecule has 0 N–H and O–H groups in total. The molecule has 0 aliphatic rings. The Morgan fingerprint density at radius 2 is 1.84 bits per heavy atom. The minimum Gasteiger partial charge on any atom is -0.483 e. The monoisotopic (exact) mass is 359 g/mol. The summed E-state index contributed by atoms with van der Waals surface area (Å²) in [6.45, 7) is 3.84. The predicted octanol–water partition coefficient (Wildman–Crippen LogP) is 6.15. The number of hydrogen-bond donors (Lipinski definition) is 0. The van der Waals surface area contributed by atoms with Gasteiger partial charge in [0.05, 0.1) is 0 Å². The van der Waals surface area contributed by atoms with E-state index in [4.69, 9.17) is 4.74 Å². The van der Waals surface area contributed by atoms with E-state index >= 15 is 0 Å². The molecule has 2 rings (SSSR count). The summed E-state index contributed by atoms with van der Waals surface area (Å²) in [7, 11) is 0. The summed E-state index contributed by atoms with van der Waals surface area (Å²) < 4.78 is 6.02. The van der Waals surface area contributed by atoms with Crippen LogP contribution in [-0.4, -0.2) is 10.8 Å². The van der Waals surface area contributed by atoms with Crippen molar-refractivity contribution < 1.29 is 9.53 Å². The number of hydrogen-bond acceptors (Lipinski definition) is 4. The molecule has 2 aromatic rings. The second-order valence-corrected chi connectivity index (χ2v) is 7.47. The number of aryl methyl sites for hydroxylation is 1. The van der Waals surface area contributed by atoms with Crippen LogP contribution in [-0.2, 0) is 11.2 Å². The van der Waals surface area contributed by atoms with E-state index in [1.165, 1.54) is 55.4 Å². The SMILES string of the molecule is CCCCCCCCc1ccc(OC(CC(C)=O)c2nccs2)cc1. The molecular weight excluding hydrogens is 330 g/mol. The molecular formula is C21H29NO2S.